The second-order valence-corrected chi connectivity index (χ2v) is 4.69. The Morgan fingerprint density at radius 1 is 1.05 bits per heavy atom. The molecule has 0 aliphatic heterocycles. The number of carbonyl (C=O) groups excluding carboxylic acids is 1. The van der Waals surface area contributed by atoms with E-state index in [0.29, 0.717) is 12.1 Å². The van der Waals surface area contributed by atoms with Crippen molar-refractivity contribution in [2.45, 2.75) is 6.42 Å². The summed E-state index contributed by atoms with van der Waals surface area (Å²) in [6, 6.07) is 17.4. The maximum atomic E-state index is 12.3. The lowest BCUT2D eigenvalue weighted by molar-refractivity contribution is 0.0796. The van der Waals surface area contributed by atoms with Crippen molar-refractivity contribution in [3.05, 3.63) is 65.7 Å². The molecule has 3 nitrogen and oxygen atoms in total. The highest BCUT2D eigenvalue weighted by molar-refractivity contribution is 5.94. The molecule has 0 bridgehead atoms. The SMILES string of the molecule is COc1ccc(C(=O)N(C)CCc2ccccc2)cc1. The zero-order valence-electron chi connectivity index (χ0n) is 11.9. The number of methoxy groups -OCH3 is 1. The molecule has 104 valence electrons. The quantitative estimate of drug-likeness (QED) is 0.835. The van der Waals surface area contributed by atoms with Gasteiger partial charge in [-0.1, -0.05) is 30.3 Å². The molecule has 3 heteroatoms. The molecule has 2 aromatic carbocycles. The van der Waals surface area contributed by atoms with Gasteiger partial charge in [-0.2, -0.15) is 0 Å². The first kappa shape index (κ1) is 14.1. The summed E-state index contributed by atoms with van der Waals surface area (Å²) in [4.78, 5) is 14.0. The number of benzene rings is 2. The number of nitrogens with zero attached hydrogens (tertiary/aromatic N) is 1. The number of rotatable bonds is 5. The Bertz CT molecular complexity index is 549. The van der Waals surface area contributed by atoms with Crippen LogP contribution in [0.25, 0.3) is 0 Å². The highest BCUT2D eigenvalue weighted by atomic mass is 16.5. The van der Waals surface area contributed by atoms with Gasteiger partial charge in [0.25, 0.3) is 5.91 Å². The number of hydrogen-bond donors (Lipinski definition) is 0. The van der Waals surface area contributed by atoms with Crippen LogP contribution in [-0.2, 0) is 6.42 Å². The second kappa shape index (κ2) is 6.75. The van der Waals surface area contributed by atoms with Gasteiger partial charge in [0.2, 0.25) is 0 Å². The summed E-state index contributed by atoms with van der Waals surface area (Å²) in [6.45, 7) is 0.703. The molecule has 0 N–H and O–H groups in total. The van der Waals surface area contributed by atoms with Gasteiger partial charge < -0.3 is 9.64 Å². The molecule has 1 amide bonds. The van der Waals surface area contributed by atoms with Crippen molar-refractivity contribution >= 4 is 5.91 Å². The second-order valence-electron chi connectivity index (χ2n) is 4.69. The van der Waals surface area contributed by atoms with Crippen LogP contribution >= 0.6 is 0 Å². The van der Waals surface area contributed by atoms with Gasteiger partial charge in [0.05, 0.1) is 7.11 Å². The first-order chi connectivity index (χ1) is 9.70. The Labute approximate surface area is 119 Å². The van der Waals surface area contributed by atoms with Crippen LogP contribution in [0.1, 0.15) is 15.9 Å². The summed E-state index contributed by atoms with van der Waals surface area (Å²) in [5.74, 6) is 0.789. The smallest absolute Gasteiger partial charge is 0.253 e. The maximum Gasteiger partial charge on any atom is 0.253 e. The summed E-state index contributed by atoms with van der Waals surface area (Å²) >= 11 is 0. The highest BCUT2D eigenvalue weighted by Crippen LogP contribution is 2.13. The standard InChI is InChI=1S/C17H19NO2/c1-18(13-12-14-6-4-3-5-7-14)17(19)15-8-10-16(20-2)11-9-15/h3-11H,12-13H2,1-2H3. The molecule has 0 atom stereocenters. The highest BCUT2D eigenvalue weighted by Gasteiger charge is 2.11. The van der Waals surface area contributed by atoms with E-state index in [1.165, 1.54) is 5.56 Å². The van der Waals surface area contributed by atoms with Gasteiger partial charge in [-0.05, 0) is 36.2 Å². The van der Waals surface area contributed by atoms with Gasteiger partial charge in [0, 0.05) is 19.2 Å². The number of likely N-dealkylation sites (N-methyl/N-ethyl adjacent to an activating group) is 1. The third-order valence-corrected chi connectivity index (χ3v) is 3.26. The van der Waals surface area contributed by atoms with Crippen molar-refractivity contribution in [3.63, 3.8) is 0 Å². The van der Waals surface area contributed by atoms with Crippen LogP contribution in [0, 0.1) is 0 Å². The minimum Gasteiger partial charge on any atom is -0.497 e. The Balaban J connectivity index is 1.94. The molecule has 0 aliphatic rings. The topological polar surface area (TPSA) is 29.5 Å². The Hall–Kier alpha value is -2.29. The molecule has 2 aromatic rings. The molecular weight excluding hydrogens is 250 g/mol. The van der Waals surface area contributed by atoms with E-state index in [0.717, 1.165) is 12.2 Å². The lowest BCUT2D eigenvalue weighted by Crippen LogP contribution is -2.28. The molecule has 0 spiro atoms. The van der Waals surface area contributed by atoms with Crippen LogP contribution in [0.4, 0.5) is 0 Å². The summed E-state index contributed by atoms with van der Waals surface area (Å²) < 4.78 is 5.09. The minimum atomic E-state index is 0.0311. The van der Waals surface area contributed by atoms with Crippen molar-refractivity contribution in [1.82, 2.24) is 4.90 Å². The molecule has 0 saturated carbocycles. The Morgan fingerprint density at radius 3 is 2.30 bits per heavy atom. The van der Waals surface area contributed by atoms with E-state index in [9.17, 15) is 4.79 Å². The van der Waals surface area contributed by atoms with Crippen molar-refractivity contribution in [1.29, 1.82) is 0 Å². The van der Waals surface area contributed by atoms with Crippen LogP contribution in [0.3, 0.4) is 0 Å². The number of carbonyl (C=O) groups is 1. The van der Waals surface area contributed by atoms with E-state index in [1.54, 1.807) is 36.3 Å². The predicted octanol–water partition coefficient (Wildman–Crippen LogP) is 3.01. The lowest BCUT2D eigenvalue weighted by atomic mass is 10.1. The molecule has 0 aromatic heterocycles. The largest absolute Gasteiger partial charge is 0.497 e. The van der Waals surface area contributed by atoms with Crippen LogP contribution in [0.5, 0.6) is 5.75 Å². The molecule has 0 heterocycles. The molecule has 0 saturated heterocycles. The molecule has 2 rings (SSSR count). The van der Waals surface area contributed by atoms with Gasteiger partial charge >= 0.3 is 0 Å². The Kier molecular flexibility index (Phi) is 4.77. The van der Waals surface area contributed by atoms with E-state index in [2.05, 4.69) is 12.1 Å². The Morgan fingerprint density at radius 2 is 1.70 bits per heavy atom. The average Bonchev–Trinajstić information content (AvgIpc) is 2.53. The minimum absolute atomic E-state index is 0.0311. The molecular formula is C17H19NO2. The van der Waals surface area contributed by atoms with Crippen molar-refractivity contribution < 1.29 is 9.53 Å². The van der Waals surface area contributed by atoms with Gasteiger partial charge in [-0.25, -0.2) is 0 Å². The van der Waals surface area contributed by atoms with Gasteiger partial charge in [0.1, 0.15) is 5.75 Å². The third-order valence-electron chi connectivity index (χ3n) is 3.26. The number of hydrogen-bond acceptors (Lipinski definition) is 2. The number of amides is 1. The maximum absolute atomic E-state index is 12.3. The fourth-order valence-electron chi connectivity index (χ4n) is 2.00. The summed E-state index contributed by atoms with van der Waals surface area (Å²) in [5, 5.41) is 0. The molecule has 0 aliphatic carbocycles. The van der Waals surface area contributed by atoms with Crippen molar-refractivity contribution in [2.24, 2.45) is 0 Å². The fraction of sp³-hybridized carbons (Fsp3) is 0.235. The lowest BCUT2D eigenvalue weighted by Gasteiger charge is -2.17. The summed E-state index contributed by atoms with van der Waals surface area (Å²) in [5.41, 5.74) is 1.92. The van der Waals surface area contributed by atoms with Crippen LogP contribution < -0.4 is 4.74 Å². The fourth-order valence-corrected chi connectivity index (χ4v) is 2.00. The van der Waals surface area contributed by atoms with E-state index in [-0.39, 0.29) is 5.91 Å². The predicted molar refractivity (Wildman–Crippen MR) is 80.1 cm³/mol. The van der Waals surface area contributed by atoms with Gasteiger partial charge in [0.15, 0.2) is 0 Å². The average molecular weight is 269 g/mol. The summed E-state index contributed by atoms with van der Waals surface area (Å²) in [7, 11) is 3.44. The zero-order valence-corrected chi connectivity index (χ0v) is 11.9. The first-order valence-corrected chi connectivity index (χ1v) is 6.64. The molecule has 0 unspecified atom stereocenters. The molecule has 20 heavy (non-hydrogen) atoms. The van der Waals surface area contributed by atoms with Gasteiger partial charge in [-0.3, -0.25) is 4.79 Å². The molecule has 0 fully saturated rings. The van der Waals surface area contributed by atoms with Crippen molar-refractivity contribution in [2.75, 3.05) is 20.7 Å². The molecule has 0 radical (unpaired) electrons. The van der Waals surface area contributed by atoms with E-state index >= 15 is 0 Å². The normalized spacial score (nSPS) is 10.1. The van der Waals surface area contributed by atoms with Crippen LogP contribution in [-0.4, -0.2) is 31.5 Å². The van der Waals surface area contributed by atoms with Crippen LogP contribution in [0.15, 0.2) is 54.6 Å². The van der Waals surface area contributed by atoms with E-state index < -0.39 is 0 Å². The van der Waals surface area contributed by atoms with Crippen LogP contribution in [0.2, 0.25) is 0 Å². The zero-order chi connectivity index (χ0) is 14.4. The first-order valence-electron chi connectivity index (χ1n) is 6.64. The monoisotopic (exact) mass is 269 g/mol. The number of ether oxygens (including phenoxy) is 1. The van der Waals surface area contributed by atoms with E-state index in [1.807, 2.05) is 25.2 Å². The third kappa shape index (κ3) is 3.60. The summed E-state index contributed by atoms with van der Waals surface area (Å²) in [6.07, 6.45) is 0.860. The van der Waals surface area contributed by atoms with Gasteiger partial charge in [-0.15, -0.1) is 0 Å². The van der Waals surface area contributed by atoms with E-state index in [4.69, 9.17) is 4.74 Å². The van der Waals surface area contributed by atoms with Crippen molar-refractivity contribution in [3.8, 4) is 5.75 Å².